The Labute approximate surface area is 264 Å². The molecule has 0 spiro atoms. The van der Waals surface area contributed by atoms with E-state index >= 15 is 0 Å². The zero-order valence-corrected chi connectivity index (χ0v) is 24.8. The van der Waals surface area contributed by atoms with E-state index in [4.69, 9.17) is 31.3 Å². The lowest BCUT2D eigenvalue weighted by Crippen LogP contribution is -2.22. The van der Waals surface area contributed by atoms with E-state index in [0.29, 0.717) is 5.75 Å². The Hall–Kier alpha value is -6.16. The maximum Gasteiger partial charge on any atom is 0.394 e. The Balaban J connectivity index is 0.000000263. The third-order valence-electron chi connectivity index (χ3n) is 5.34. The summed E-state index contributed by atoms with van der Waals surface area (Å²) in [5.41, 5.74) is 0.245. The smallest absolute Gasteiger partial charge is 0.394 e. The number of phenolic OH excluding ortho intramolecular Hbond substituents is 1. The van der Waals surface area contributed by atoms with E-state index in [2.05, 4.69) is 25.1 Å². The number of rotatable bonds is 7. The SMILES string of the molecule is COC(=O)c1ccc(NC(=O)c2ccccc2F)cc1O.COc1cc(OC)c(NC(=O)C(=O)O)cc1Cl.O=C(O)c1ccno1. The Morgan fingerprint density at radius 1 is 0.870 bits per heavy atom. The van der Waals surface area contributed by atoms with Crippen molar-refractivity contribution in [1.29, 1.82) is 0 Å². The molecule has 4 aromatic rings. The van der Waals surface area contributed by atoms with Gasteiger partial charge in [-0.3, -0.25) is 9.59 Å². The number of carbonyl (C=O) groups is 5. The molecular weight excluding hydrogens is 637 g/mol. The van der Waals surface area contributed by atoms with E-state index < -0.39 is 35.5 Å². The van der Waals surface area contributed by atoms with Gasteiger partial charge in [-0.25, -0.2) is 18.8 Å². The topological polar surface area (TPSA) is 224 Å². The fourth-order valence-electron chi connectivity index (χ4n) is 3.20. The van der Waals surface area contributed by atoms with Gasteiger partial charge in [0, 0.05) is 23.9 Å². The average molecular weight is 662 g/mol. The first-order chi connectivity index (χ1) is 21.8. The molecule has 15 nitrogen and oxygen atoms in total. The van der Waals surface area contributed by atoms with Crippen molar-refractivity contribution in [3.8, 4) is 17.2 Å². The molecule has 4 rings (SSSR count). The number of aromatic nitrogens is 1. The number of esters is 1. The molecule has 0 saturated heterocycles. The number of hydrogen-bond donors (Lipinski definition) is 5. The number of carboxylic acid groups (broad SMARTS) is 2. The molecule has 0 aliphatic carbocycles. The van der Waals surface area contributed by atoms with Crippen LogP contribution in [0.2, 0.25) is 5.02 Å². The van der Waals surface area contributed by atoms with E-state index in [1.54, 1.807) is 0 Å². The van der Waals surface area contributed by atoms with Crippen LogP contribution in [0.25, 0.3) is 0 Å². The zero-order chi connectivity index (χ0) is 34.4. The van der Waals surface area contributed by atoms with Gasteiger partial charge in [-0.05, 0) is 30.3 Å². The van der Waals surface area contributed by atoms with Crippen molar-refractivity contribution in [3.05, 3.63) is 94.6 Å². The highest BCUT2D eigenvalue weighted by atomic mass is 35.5. The number of nitrogens with one attached hydrogen (secondary N) is 2. The van der Waals surface area contributed by atoms with Crippen LogP contribution < -0.4 is 20.1 Å². The predicted octanol–water partition coefficient (Wildman–Crippen LogP) is 4.32. The van der Waals surface area contributed by atoms with E-state index in [9.17, 15) is 33.5 Å². The molecule has 0 aliphatic rings. The number of amides is 2. The summed E-state index contributed by atoms with van der Waals surface area (Å²) < 4.78 is 32.1. The molecule has 0 radical (unpaired) electrons. The summed E-state index contributed by atoms with van der Waals surface area (Å²) in [6.45, 7) is 0. The number of anilines is 2. The molecule has 17 heteroatoms. The molecule has 0 atom stereocenters. The van der Waals surface area contributed by atoms with Crippen molar-refractivity contribution < 1.29 is 62.4 Å². The molecule has 0 bridgehead atoms. The van der Waals surface area contributed by atoms with Gasteiger partial charge >= 0.3 is 23.8 Å². The molecule has 0 unspecified atom stereocenters. The number of phenols is 1. The summed E-state index contributed by atoms with van der Waals surface area (Å²) in [4.78, 5) is 54.5. The zero-order valence-electron chi connectivity index (χ0n) is 24.1. The van der Waals surface area contributed by atoms with Crippen molar-refractivity contribution >= 4 is 52.7 Å². The van der Waals surface area contributed by atoms with Crippen LogP contribution >= 0.6 is 11.6 Å². The maximum atomic E-state index is 13.5. The monoisotopic (exact) mass is 661 g/mol. The number of benzene rings is 3. The van der Waals surface area contributed by atoms with E-state index in [1.807, 2.05) is 0 Å². The minimum absolute atomic E-state index is 0.0265. The maximum absolute atomic E-state index is 13.5. The number of aromatic hydroxyl groups is 1. The average Bonchev–Trinajstić information content (AvgIpc) is 3.58. The number of nitrogens with zero attached hydrogens (tertiary/aromatic N) is 1. The largest absolute Gasteiger partial charge is 0.507 e. The lowest BCUT2D eigenvalue weighted by molar-refractivity contribution is -0.147. The summed E-state index contributed by atoms with van der Waals surface area (Å²) in [7, 11) is 3.99. The number of methoxy groups -OCH3 is 3. The van der Waals surface area contributed by atoms with Crippen molar-refractivity contribution in [1.82, 2.24) is 5.16 Å². The van der Waals surface area contributed by atoms with E-state index in [-0.39, 0.29) is 44.8 Å². The molecule has 1 aromatic heterocycles. The fraction of sp³-hybridized carbons (Fsp3) is 0.103. The van der Waals surface area contributed by atoms with Crippen LogP contribution in [0, 0.1) is 5.82 Å². The summed E-state index contributed by atoms with van der Waals surface area (Å²) in [5, 5.41) is 34.3. The number of aromatic carboxylic acids is 1. The highest BCUT2D eigenvalue weighted by Crippen LogP contribution is 2.35. The lowest BCUT2D eigenvalue weighted by Gasteiger charge is -2.11. The lowest BCUT2D eigenvalue weighted by atomic mass is 10.1. The van der Waals surface area contributed by atoms with Crippen molar-refractivity contribution in [2.24, 2.45) is 0 Å². The molecule has 5 N–H and O–H groups in total. The number of halogens is 2. The second-order valence-electron chi connectivity index (χ2n) is 8.29. The number of carboxylic acids is 2. The summed E-state index contributed by atoms with van der Waals surface area (Å²) in [5.74, 6) is -5.73. The summed E-state index contributed by atoms with van der Waals surface area (Å²) in [6.07, 6.45) is 1.28. The van der Waals surface area contributed by atoms with Crippen LogP contribution in [-0.2, 0) is 14.3 Å². The molecule has 46 heavy (non-hydrogen) atoms. The Morgan fingerprint density at radius 2 is 1.54 bits per heavy atom. The van der Waals surface area contributed by atoms with Gasteiger partial charge in [0.1, 0.15) is 28.6 Å². The van der Waals surface area contributed by atoms with E-state index in [0.717, 1.165) is 0 Å². The second kappa shape index (κ2) is 17.2. The predicted molar refractivity (Wildman–Crippen MR) is 158 cm³/mol. The van der Waals surface area contributed by atoms with Crippen LogP contribution in [0.4, 0.5) is 15.8 Å². The van der Waals surface area contributed by atoms with Gasteiger partial charge < -0.3 is 44.7 Å². The van der Waals surface area contributed by atoms with Gasteiger partial charge in [-0.2, -0.15) is 0 Å². The molecule has 0 aliphatic heterocycles. The fourth-order valence-corrected chi connectivity index (χ4v) is 3.44. The van der Waals surface area contributed by atoms with Crippen LogP contribution in [0.15, 0.2) is 71.4 Å². The van der Waals surface area contributed by atoms with Crippen molar-refractivity contribution in [2.75, 3.05) is 32.0 Å². The third kappa shape index (κ3) is 10.2. The number of hydrogen-bond acceptors (Lipinski definition) is 11. The highest BCUT2D eigenvalue weighted by molar-refractivity contribution is 6.37. The highest BCUT2D eigenvalue weighted by Gasteiger charge is 2.17. The van der Waals surface area contributed by atoms with E-state index in [1.165, 1.54) is 88.2 Å². The van der Waals surface area contributed by atoms with Crippen molar-refractivity contribution in [2.45, 2.75) is 0 Å². The molecule has 1 heterocycles. The molecule has 242 valence electrons. The summed E-state index contributed by atoms with van der Waals surface area (Å²) >= 11 is 5.84. The standard InChI is InChI=1S/C15H12FNO4.C10H10ClNO5.C4H3NO3/c1-21-15(20)11-7-6-9(8-13(11)18)17-14(19)10-4-2-3-5-12(10)16;1-16-7-4-8(17-2)6(3-5(7)11)12-9(13)10(14)15;6-4(7)3-1-2-5-8-3/h2-8,18H,1H3,(H,17,19);3-4H,1-2H3,(H,12,13)(H,14,15);1-2H,(H,6,7). The Morgan fingerprint density at radius 3 is 2.04 bits per heavy atom. The van der Waals surface area contributed by atoms with Gasteiger partial charge in [0.2, 0.25) is 5.76 Å². The van der Waals surface area contributed by atoms with Crippen LogP contribution in [-0.4, -0.2) is 71.5 Å². The van der Waals surface area contributed by atoms with Crippen LogP contribution in [0.3, 0.4) is 0 Å². The molecule has 0 fully saturated rings. The number of ether oxygens (including phenoxy) is 3. The number of carbonyl (C=O) groups excluding carboxylic acids is 3. The Kier molecular flexibility index (Phi) is 13.5. The Bertz CT molecular complexity index is 1710. The summed E-state index contributed by atoms with van der Waals surface area (Å²) in [6, 6.07) is 13.5. The van der Waals surface area contributed by atoms with Crippen LogP contribution in [0.1, 0.15) is 31.3 Å². The first kappa shape index (κ1) is 36.0. The van der Waals surface area contributed by atoms with Gasteiger partial charge in [0.25, 0.3) is 5.91 Å². The molecule has 0 saturated carbocycles. The van der Waals surface area contributed by atoms with Crippen LogP contribution in [0.5, 0.6) is 17.2 Å². The quantitative estimate of drug-likeness (QED) is 0.138. The molecule has 2 amide bonds. The molecular formula is C29H25ClFN3O12. The first-order valence-corrected chi connectivity index (χ1v) is 12.8. The van der Waals surface area contributed by atoms with Gasteiger partial charge in [0.15, 0.2) is 0 Å². The number of aliphatic carboxylic acids is 1. The molecule has 3 aromatic carbocycles. The van der Waals surface area contributed by atoms with Gasteiger partial charge in [0.05, 0.1) is 43.8 Å². The third-order valence-corrected chi connectivity index (χ3v) is 5.64. The normalized spacial score (nSPS) is 9.67. The second-order valence-corrected chi connectivity index (χ2v) is 8.69. The minimum Gasteiger partial charge on any atom is -0.507 e. The first-order valence-electron chi connectivity index (χ1n) is 12.4. The van der Waals surface area contributed by atoms with Gasteiger partial charge in [-0.15, -0.1) is 0 Å². The minimum atomic E-state index is -1.60. The van der Waals surface area contributed by atoms with Crippen molar-refractivity contribution in [3.63, 3.8) is 0 Å². The van der Waals surface area contributed by atoms with Gasteiger partial charge in [-0.1, -0.05) is 28.9 Å².